The van der Waals surface area contributed by atoms with Crippen molar-refractivity contribution < 1.29 is 9.84 Å². The van der Waals surface area contributed by atoms with Crippen LogP contribution in [0.3, 0.4) is 0 Å². The Labute approximate surface area is 115 Å². The Morgan fingerprint density at radius 2 is 2.30 bits per heavy atom. The first-order valence-corrected chi connectivity index (χ1v) is 5.82. The molecule has 0 bridgehead atoms. The molecular weight excluding hydrogens is 260 g/mol. The monoisotopic (exact) mass is 274 g/mol. The number of methoxy groups -OCH3 is 1. The van der Waals surface area contributed by atoms with E-state index in [1.807, 2.05) is 0 Å². The number of phenols is 1. The van der Waals surface area contributed by atoms with Gasteiger partial charge < -0.3 is 9.84 Å². The SMILES string of the molecule is COc1cc(/C=N/Nc2ncc(C)c(=O)[nH]2)ccc1O. The van der Waals surface area contributed by atoms with Crippen molar-refractivity contribution in [1.82, 2.24) is 9.97 Å². The number of aromatic hydroxyl groups is 1. The summed E-state index contributed by atoms with van der Waals surface area (Å²) >= 11 is 0. The van der Waals surface area contributed by atoms with Gasteiger partial charge in [0.1, 0.15) is 0 Å². The van der Waals surface area contributed by atoms with Crippen LogP contribution < -0.4 is 15.7 Å². The highest BCUT2D eigenvalue weighted by molar-refractivity contribution is 5.81. The highest BCUT2D eigenvalue weighted by Gasteiger charge is 2.01. The van der Waals surface area contributed by atoms with Crippen LogP contribution in [0.25, 0.3) is 0 Å². The number of nitrogens with one attached hydrogen (secondary N) is 2. The molecule has 3 N–H and O–H groups in total. The van der Waals surface area contributed by atoms with Crippen LogP contribution in [0, 0.1) is 6.92 Å². The molecule has 104 valence electrons. The maximum Gasteiger partial charge on any atom is 0.255 e. The number of aryl methyl sites for hydroxylation is 1. The lowest BCUT2D eigenvalue weighted by Gasteiger charge is -2.03. The molecule has 2 aromatic rings. The third kappa shape index (κ3) is 3.14. The number of hydrazone groups is 1. The minimum absolute atomic E-state index is 0.0575. The molecule has 1 aromatic carbocycles. The summed E-state index contributed by atoms with van der Waals surface area (Å²) in [7, 11) is 1.47. The zero-order valence-corrected chi connectivity index (χ0v) is 11.0. The van der Waals surface area contributed by atoms with E-state index >= 15 is 0 Å². The summed E-state index contributed by atoms with van der Waals surface area (Å²) in [5.41, 5.74) is 3.65. The molecule has 7 nitrogen and oxygen atoms in total. The second-order valence-corrected chi connectivity index (χ2v) is 4.05. The fraction of sp³-hybridized carbons (Fsp3) is 0.154. The Balaban J connectivity index is 2.10. The fourth-order valence-corrected chi connectivity index (χ4v) is 1.46. The van der Waals surface area contributed by atoms with Gasteiger partial charge in [0.2, 0.25) is 5.95 Å². The molecule has 0 aliphatic rings. The van der Waals surface area contributed by atoms with E-state index < -0.39 is 0 Å². The smallest absolute Gasteiger partial charge is 0.255 e. The molecule has 20 heavy (non-hydrogen) atoms. The van der Waals surface area contributed by atoms with Gasteiger partial charge in [0, 0.05) is 11.8 Å². The Bertz CT molecular complexity index is 694. The van der Waals surface area contributed by atoms with Crippen molar-refractivity contribution in [2.75, 3.05) is 12.5 Å². The van der Waals surface area contributed by atoms with Gasteiger partial charge in [-0.25, -0.2) is 10.4 Å². The molecule has 0 saturated heterocycles. The van der Waals surface area contributed by atoms with E-state index in [-0.39, 0.29) is 17.3 Å². The molecule has 0 saturated carbocycles. The molecule has 1 aromatic heterocycles. The van der Waals surface area contributed by atoms with Crippen molar-refractivity contribution in [2.45, 2.75) is 6.92 Å². The first-order valence-electron chi connectivity index (χ1n) is 5.82. The molecule has 0 amide bonds. The number of hydrogen-bond acceptors (Lipinski definition) is 6. The number of rotatable bonds is 4. The highest BCUT2D eigenvalue weighted by atomic mass is 16.5. The number of hydrogen-bond donors (Lipinski definition) is 3. The summed E-state index contributed by atoms with van der Waals surface area (Å²) in [6.45, 7) is 1.67. The molecular formula is C13H14N4O3. The number of H-pyrrole nitrogens is 1. The molecule has 0 aliphatic heterocycles. The lowest BCUT2D eigenvalue weighted by atomic mass is 10.2. The number of phenolic OH excluding ortho intramolecular Hbond substituents is 1. The van der Waals surface area contributed by atoms with Crippen LogP contribution in [0.4, 0.5) is 5.95 Å². The van der Waals surface area contributed by atoms with Crippen LogP contribution in [0.1, 0.15) is 11.1 Å². The van der Waals surface area contributed by atoms with Gasteiger partial charge in [0.15, 0.2) is 11.5 Å². The number of anilines is 1. The van der Waals surface area contributed by atoms with Crippen molar-refractivity contribution >= 4 is 12.2 Å². The van der Waals surface area contributed by atoms with E-state index in [1.54, 1.807) is 19.1 Å². The Morgan fingerprint density at radius 3 is 3.00 bits per heavy atom. The van der Waals surface area contributed by atoms with Crippen LogP contribution in [0.15, 0.2) is 34.3 Å². The van der Waals surface area contributed by atoms with Gasteiger partial charge in [-0.1, -0.05) is 0 Å². The molecule has 0 spiro atoms. The number of ether oxygens (including phenoxy) is 1. The maximum atomic E-state index is 11.4. The normalized spacial score (nSPS) is 10.7. The highest BCUT2D eigenvalue weighted by Crippen LogP contribution is 2.25. The zero-order valence-electron chi connectivity index (χ0n) is 11.0. The number of aromatic nitrogens is 2. The lowest BCUT2D eigenvalue weighted by molar-refractivity contribution is 0.373. The lowest BCUT2D eigenvalue weighted by Crippen LogP contribution is -2.12. The molecule has 0 fully saturated rings. The minimum Gasteiger partial charge on any atom is -0.504 e. The van der Waals surface area contributed by atoms with E-state index in [1.165, 1.54) is 25.6 Å². The number of aromatic amines is 1. The van der Waals surface area contributed by atoms with Gasteiger partial charge in [-0.05, 0) is 30.7 Å². The average Bonchev–Trinajstić information content (AvgIpc) is 2.44. The zero-order chi connectivity index (χ0) is 14.5. The number of nitrogens with zero attached hydrogens (tertiary/aromatic N) is 2. The van der Waals surface area contributed by atoms with Gasteiger partial charge in [0.25, 0.3) is 5.56 Å². The third-order valence-corrected chi connectivity index (χ3v) is 2.57. The first kappa shape index (κ1) is 13.6. The van der Waals surface area contributed by atoms with E-state index in [2.05, 4.69) is 20.5 Å². The van der Waals surface area contributed by atoms with Crippen molar-refractivity contribution in [3.8, 4) is 11.5 Å². The van der Waals surface area contributed by atoms with Crippen LogP contribution >= 0.6 is 0 Å². The Morgan fingerprint density at radius 1 is 1.50 bits per heavy atom. The van der Waals surface area contributed by atoms with Crippen LogP contribution in [0.2, 0.25) is 0 Å². The van der Waals surface area contributed by atoms with Crippen LogP contribution in [-0.2, 0) is 0 Å². The van der Waals surface area contributed by atoms with E-state index in [0.29, 0.717) is 11.3 Å². The molecule has 2 rings (SSSR count). The fourth-order valence-electron chi connectivity index (χ4n) is 1.46. The predicted octanol–water partition coefficient (Wildman–Crippen LogP) is 1.24. The molecule has 0 aliphatic carbocycles. The summed E-state index contributed by atoms with van der Waals surface area (Å²) in [5.74, 6) is 0.667. The number of benzene rings is 1. The third-order valence-electron chi connectivity index (χ3n) is 2.57. The second kappa shape index (κ2) is 5.87. The summed E-state index contributed by atoms with van der Waals surface area (Å²) < 4.78 is 4.99. The van der Waals surface area contributed by atoms with Crippen molar-refractivity contribution in [3.63, 3.8) is 0 Å². The quantitative estimate of drug-likeness (QED) is 0.575. The Kier molecular flexibility index (Phi) is 3.99. The summed E-state index contributed by atoms with van der Waals surface area (Å²) in [4.78, 5) is 17.9. The van der Waals surface area contributed by atoms with Crippen molar-refractivity contribution in [2.24, 2.45) is 5.10 Å². The molecule has 7 heteroatoms. The van der Waals surface area contributed by atoms with Crippen LogP contribution in [-0.4, -0.2) is 28.4 Å². The molecule has 0 atom stereocenters. The van der Waals surface area contributed by atoms with Crippen molar-refractivity contribution in [1.29, 1.82) is 0 Å². The standard InChI is InChI=1S/C13H14N4O3/c1-8-6-14-13(16-12(8)19)17-15-7-9-3-4-10(18)11(5-9)20-2/h3-7,18H,1-2H3,(H2,14,16,17,19)/b15-7+. The molecule has 1 heterocycles. The summed E-state index contributed by atoms with van der Waals surface area (Å²) in [5, 5.41) is 13.4. The average molecular weight is 274 g/mol. The first-order chi connectivity index (χ1) is 9.60. The van der Waals surface area contributed by atoms with E-state index in [4.69, 9.17) is 4.74 Å². The summed E-state index contributed by atoms with van der Waals surface area (Å²) in [6, 6.07) is 4.81. The predicted molar refractivity (Wildman–Crippen MR) is 75.5 cm³/mol. The van der Waals surface area contributed by atoms with Gasteiger partial charge in [-0.2, -0.15) is 5.10 Å². The van der Waals surface area contributed by atoms with E-state index in [9.17, 15) is 9.90 Å². The van der Waals surface area contributed by atoms with Crippen molar-refractivity contribution in [3.05, 3.63) is 45.9 Å². The minimum atomic E-state index is -0.219. The summed E-state index contributed by atoms with van der Waals surface area (Å²) in [6.07, 6.45) is 2.97. The van der Waals surface area contributed by atoms with Gasteiger partial charge >= 0.3 is 0 Å². The van der Waals surface area contributed by atoms with Gasteiger partial charge in [-0.15, -0.1) is 0 Å². The topological polar surface area (TPSA) is 99.6 Å². The molecule has 0 unspecified atom stereocenters. The van der Waals surface area contributed by atoms with Gasteiger partial charge in [0.05, 0.1) is 13.3 Å². The van der Waals surface area contributed by atoms with Gasteiger partial charge in [-0.3, -0.25) is 9.78 Å². The maximum absolute atomic E-state index is 11.4. The van der Waals surface area contributed by atoms with Crippen LogP contribution in [0.5, 0.6) is 11.5 Å². The largest absolute Gasteiger partial charge is 0.504 e. The second-order valence-electron chi connectivity index (χ2n) is 4.05. The van der Waals surface area contributed by atoms with E-state index in [0.717, 1.165) is 5.56 Å². The Hall–Kier alpha value is -2.83. The molecule has 0 radical (unpaired) electrons.